The van der Waals surface area contributed by atoms with Crippen molar-refractivity contribution in [2.24, 2.45) is 17.8 Å². The predicted molar refractivity (Wildman–Crippen MR) is 143 cm³/mol. The molecule has 0 spiro atoms. The molecule has 0 radical (unpaired) electrons. The summed E-state index contributed by atoms with van der Waals surface area (Å²) in [6.07, 6.45) is -3.62. The molecule has 0 saturated carbocycles. The molecule has 0 bridgehead atoms. The topological polar surface area (TPSA) is 141 Å². The fourth-order valence-corrected chi connectivity index (χ4v) is 3.81. The molecule has 1 aliphatic rings. The number of thiol groups is 5. The molecule has 206 valence electrons. The zero-order valence-corrected chi connectivity index (χ0v) is 23.7. The first-order chi connectivity index (χ1) is 17.3. The second-order valence-corrected chi connectivity index (χ2v) is 9.25. The predicted octanol–water partition coefficient (Wildman–Crippen LogP) is -0.0326. The summed E-state index contributed by atoms with van der Waals surface area (Å²) in [5.41, 5.74) is 0. The Hall–Kier alpha value is -0.940. The molecule has 0 aromatic carbocycles. The van der Waals surface area contributed by atoms with Crippen LogP contribution in [0.3, 0.4) is 0 Å². The average molecular weight is 607 g/mol. The number of carbonyl (C=O) groups excluding carboxylic acids is 5. The van der Waals surface area contributed by atoms with Gasteiger partial charge in [0.1, 0.15) is 44.9 Å². The molecule has 1 fully saturated rings. The Balaban J connectivity index is 3.65. The van der Waals surface area contributed by atoms with E-state index >= 15 is 0 Å². The molecule has 1 heterocycles. The van der Waals surface area contributed by atoms with Crippen LogP contribution in [-0.2, 0) is 52.4 Å². The molecule has 0 aromatic heterocycles. The van der Waals surface area contributed by atoms with Gasteiger partial charge in [-0.25, -0.2) is 9.59 Å². The Labute approximate surface area is 236 Å². The molecule has 0 aliphatic carbocycles. The van der Waals surface area contributed by atoms with Crippen LogP contribution in [0, 0.1) is 17.8 Å². The normalized spacial score (nSPS) is 23.3. The van der Waals surface area contributed by atoms with Crippen molar-refractivity contribution < 1.29 is 52.4 Å². The van der Waals surface area contributed by atoms with Gasteiger partial charge in [0.25, 0.3) is 0 Å². The van der Waals surface area contributed by atoms with Crippen molar-refractivity contribution >= 4 is 93.0 Å². The van der Waals surface area contributed by atoms with Crippen LogP contribution in [-0.4, -0.2) is 104 Å². The molecule has 1 saturated heterocycles. The van der Waals surface area contributed by atoms with Gasteiger partial charge in [-0.15, -0.1) is 0 Å². The van der Waals surface area contributed by atoms with E-state index in [1.54, 1.807) is 0 Å². The molecule has 1 rings (SSSR count). The molecule has 36 heavy (non-hydrogen) atoms. The summed E-state index contributed by atoms with van der Waals surface area (Å²) in [6.45, 7) is -0.831. The highest BCUT2D eigenvalue weighted by Crippen LogP contribution is 2.39. The maximum Gasteiger partial charge on any atom is 0.336 e. The fourth-order valence-electron chi connectivity index (χ4n) is 3.35. The van der Waals surface area contributed by atoms with Crippen LogP contribution in [0.15, 0.2) is 0 Å². The molecule has 0 aromatic rings. The second-order valence-electron chi connectivity index (χ2n) is 7.01. The monoisotopic (exact) mass is 606 g/mol. The fraction of sp³-hybridized carbons (Fsp3) is 0.750. The average Bonchev–Trinajstić information content (AvgIpc) is 2.89. The maximum absolute atomic E-state index is 13.2. The Kier molecular flexibility index (Phi) is 16.9. The maximum atomic E-state index is 13.2. The van der Waals surface area contributed by atoms with E-state index in [-0.39, 0.29) is 61.8 Å². The van der Waals surface area contributed by atoms with Crippen LogP contribution in [0.1, 0.15) is 0 Å². The number of carbonyl (C=O) groups is 5. The van der Waals surface area contributed by atoms with E-state index in [1.165, 1.54) is 0 Å². The Bertz CT molecular complexity index is 704. The molecule has 16 heteroatoms. The Morgan fingerprint density at radius 1 is 0.444 bits per heavy atom. The Morgan fingerprint density at radius 2 is 0.694 bits per heavy atom. The van der Waals surface area contributed by atoms with E-state index in [2.05, 4.69) is 63.1 Å². The van der Waals surface area contributed by atoms with Crippen LogP contribution in [0.25, 0.3) is 0 Å². The third-order valence-corrected chi connectivity index (χ3v) is 5.59. The summed E-state index contributed by atoms with van der Waals surface area (Å²) in [6, 6.07) is 0. The third kappa shape index (κ3) is 9.74. The Morgan fingerprint density at radius 3 is 0.972 bits per heavy atom. The zero-order valence-electron chi connectivity index (χ0n) is 19.2. The number of esters is 5. The second kappa shape index (κ2) is 18.3. The minimum Gasteiger partial charge on any atom is -0.465 e. The standard InChI is InChI=1S/C20H30O11S5/c21-16(26-1-6-32)11-12(17(22)27-2-7-33)14(19(24)29-4-9-35)31-15(20(25)30-5-10-36)13(11)18(23)28-3-8-34/h11-15,32-36H,1-10H2. The van der Waals surface area contributed by atoms with E-state index in [0.29, 0.717) is 0 Å². The van der Waals surface area contributed by atoms with Crippen molar-refractivity contribution in [1.29, 1.82) is 0 Å². The lowest BCUT2D eigenvalue weighted by Gasteiger charge is -2.41. The summed E-state index contributed by atoms with van der Waals surface area (Å²) in [4.78, 5) is 65.2. The van der Waals surface area contributed by atoms with E-state index in [4.69, 9.17) is 28.4 Å². The first-order valence-electron chi connectivity index (χ1n) is 10.8. The van der Waals surface area contributed by atoms with Crippen molar-refractivity contribution in [1.82, 2.24) is 0 Å². The smallest absolute Gasteiger partial charge is 0.336 e. The first-order valence-corrected chi connectivity index (χ1v) is 14.0. The first kappa shape index (κ1) is 33.1. The molecule has 0 amide bonds. The molecule has 1 aliphatic heterocycles. The van der Waals surface area contributed by atoms with Crippen LogP contribution in [0.4, 0.5) is 0 Å². The van der Waals surface area contributed by atoms with Gasteiger partial charge in [-0.2, -0.15) is 63.1 Å². The quantitative estimate of drug-likeness (QED) is 0.0975. The van der Waals surface area contributed by atoms with Crippen LogP contribution >= 0.6 is 63.1 Å². The molecule has 0 N–H and O–H groups in total. The van der Waals surface area contributed by atoms with Gasteiger partial charge in [0, 0.05) is 28.8 Å². The summed E-state index contributed by atoms with van der Waals surface area (Å²) in [5, 5.41) is 0. The van der Waals surface area contributed by atoms with Gasteiger partial charge in [-0.05, 0) is 0 Å². The van der Waals surface area contributed by atoms with Gasteiger partial charge in [0.2, 0.25) is 0 Å². The summed E-state index contributed by atoms with van der Waals surface area (Å²) >= 11 is 19.9. The third-order valence-electron chi connectivity index (χ3n) is 4.68. The van der Waals surface area contributed by atoms with Gasteiger partial charge in [0.15, 0.2) is 12.2 Å². The molecule has 11 nitrogen and oxygen atoms in total. The SMILES string of the molecule is O=C(OCCS)C1OC(C(=O)OCCS)C(C(=O)OCCS)C(C(=O)OCCS)C1C(=O)OCCS. The lowest BCUT2D eigenvalue weighted by molar-refractivity contribution is -0.217. The van der Waals surface area contributed by atoms with Gasteiger partial charge < -0.3 is 28.4 Å². The summed E-state index contributed by atoms with van der Waals surface area (Å²) in [5.74, 6) is -9.79. The highest BCUT2D eigenvalue weighted by Gasteiger charge is 2.61. The highest BCUT2D eigenvalue weighted by atomic mass is 32.1. The number of ether oxygens (including phenoxy) is 6. The molecule has 4 atom stereocenters. The molecular formula is C20H30O11S5. The largest absolute Gasteiger partial charge is 0.465 e. The van der Waals surface area contributed by atoms with Gasteiger partial charge in [-0.3, -0.25) is 14.4 Å². The highest BCUT2D eigenvalue weighted by molar-refractivity contribution is 7.80. The minimum absolute atomic E-state index is 0.124. The van der Waals surface area contributed by atoms with Crippen LogP contribution < -0.4 is 0 Å². The van der Waals surface area contributed by atoms with E-state index in [9.17, 15) is 24.0 Å². The van der Waals surface area contributed by atoms with Gasteiger partial charge in [-0.1, -0.05) is 0 Å². The number of hydrogen-bond acceptors (Lipinski definition) is 16. The van der Waals surface area contributed by atoms with Gasteiger partial charge in [0.05, 0.1) is 5.92 Å². The summed E-state index contributed by atoms with van der Waals surface area (Å²) < 4.78 is 31.3. The summed E-state index contributed by atoms with van der Waals surface area (Å²) in [7, 11) is 0. The van der Waals surface area contributed by atoms with E-state index < -0.39 is 59.8 Å². The van der Waals surface area contributed by atoms with Crippen molar-refractivity contribution in [2.75, 3.05) is 61.8 Å². The van der Waals surface area contributed by atoms with Gasteiger partial charge >= 0.3 is 29.8 Å². The molecular weight excluding hydrogens is 577 g/mol. The lowest BCUT2D eigenvalue weighted by atomic mass is 9.73. The minimum atomic E-state index is -1.81. The molecule has 4 unspecified atom stereocenters. The number of rotatable bonds is 15. The number of hydrogen-bond donors (Lipinski definition) is 5. The van der Waals surface area contributed by atoms with E-state index in [0.717, 1.165) is 0 Å². The van der Waals surface area contributed by atoms with E-state index in [1.807, 2.05) is 0 Å². The van der Waals surface area contributed by atoms with Crippen molar-refractivity contribution in [3.63, 3.8) is 0 Å². The zero-order chi connectivity index (χ0) is 27.1. The van der Waals surface area contributed by atoms with Crippen molar-refractivity contribution in [3.8, 4) is 0 Å². The van der Waals surface area contributed by atoms with Crippen molar-refractivity contribution in [3.05, 3.63) is 0 Å². The van der Waals surface area contributed by atoms with Crippen molar-refractivity contribution in [2.45, 2.75) is 12.2 Å². The lowest BCUT2D eigenvalue weighted by Crippen LogP contribution is -2.61. The van der Waals surface area contributed by atoms with Crippen LogP contribution in [0.5, 0.6) is 0 Å². The van der Waals surface area contributed by atoms with Crippen LogP contribution in [0.2, 0.25) is 0 Å².